The average molecular weight is 1430 g/mol. The lowest BCUT2D eigenvalue weighted by Gasteiger charge is -2.24. The monoisotopic (exact) mass is 1430 g/mol. The number of nitrogens with zero attached hydrogens (tertiary/aromatic N) is 1. The SMILES string of the molecule is CC(C)CC(CC(=O)O)C(=O)NC(C)C.CC(C)CC1CC(=O)N(C(C)C)C1=O.CC(C)CCC(=O)NC(C)C.CC(C)CCC(=O)OC(C)C.CC(C)CCC(C)(O)C(=O)C(C)C.CC(C)CCC(O)C(=O)C(C)C.CC(C)CCCC(=O)NC(C)C.CC(C)CCCC(=O)OC(C)C. The zero-order valence-corrected chi connectivity index (χ0v) is 70.4. The van der Waals surface area contributed by atoms with Crippen LogP contribution in [0.1, 0.15) is 344 Å². The normalized spacial score (nSPS) is 13.9. The van der Waals surface area contributed by atoms with Crippen molar-refractivity contribution in [3.8, 4) is 0 Å². The highest BCUT2D eigenvalue weighted by Gasteiger charge is 2.40. The molecule has 0 aromatic heterocycles. The Labute approximate surface area is 613 Å². The third-order valence-electron chi connectivity index (χ3n) is 14.6. The predicted molar refractivity (Wildman–Crippen MR) is 412 cm³/mol. The molecule has 4 unspecified atom stereocenters. The van der Waals surface area contributed by atoms with Gasteiger partial charge in [-0.05, 0) is 202 Å². The van der Waals surface area contributed by atoms with Crippen molar-refractivity contribution in [1.82, 2.24) is 20.9 Å². The molecule has 0 aromatic rings. The number of carbonyl (C=O) groups excluding carboxylic acids is 9. The average Bonchev–Trinajstić information content (AvgIpc) is 1.67. The highest BCUT2D eigenvalue weighted by atomic mass is 16.5. The van der Waals surface area contributed by atoms with Crippen LogP contribution in [0.4, 0.5) is 0 Å². The Morgan fingerprint density at radius 3 is 1.20 bits per heavy atom. The number of rotatable bonds is 37. The molecule has 4 atom stereocenters. The van der Waals surface area contributed by atoms with E-state index in [4.69, 9.17) is 14.6 Å². The van der Waals surface area contributed by atoms with Crippen LogP contribution < -0.4 is 16.0 Å². The van der Waals surface area contributed by atoms with E-state index in [0.717, 1.165) is 57.8 Å². The van der Waals surface area contributed by atoms with Crippen molar-refractivity contribution in [2.45, 2.75) is 392 Å². The molecule has 6 N–H and O–H groups in total. The Kier molecular flexibility index (Phi) is 68.2. The van der Waals surface area contributed by atoms with Gasteiger partial charge in [0.25, 0.3) is 0 Å². The first-order valence-electron chi connectivity index (χ1n) is 38.4. The lowest BCUT2D eigenvalue weighted by Crippen LogP contribution is -2.38. The number of nitrogens with one attached hydrogen (secondary N) is 3. The number of amides is 5. The molecule has 1 aliphatic rings. The van der Waals surface area contributed by atoms with Crippen molar-refractivity contribution < 1.29 is 72.7 Å². The summed E-state index contributed by atoms with van der Waals surface area (Å²) in [5.74, 6) is 2.96. The van der Waals surface area contributed by atoms with Crippen LogP contribution in [0.15, 0.2) is 0 Å². The number of Topliss-reactive ketones (excluding diaryl/α,β-unsaturated/α-hetero) is 2. The molecule has 19 heteroatoms. The minimum Gasteiger partial charge on any atom is -0.481 e. The van der Waals surface area contributed by atoms with Gasteiger partial charge >= 0.3 is 17.9 Å². The Morgan fingerprint density at radius 2 is 0.870 bits per heavy atom. The molecule has 5 amide bonds. The van der Waals surface area contributed by atoms with E-state index in [2.05, 4.69) is 113 Å². The van der Waals surface area contributed by atoms with Crippen molar-refractivity contribution in [3.63, 3.8) is 0 Å². The lowest BCUT2D eigenvalue weighted by molar-refractivity contribution is -0.148. The molecular formula is C81H160N4O15. The van der Waals surface area contributed by atoms with Gasteiger partial charge in [-0.2, -0.15) is 0 Å². The molecule has 100 heavy (non-hydrogen) atoms. The number of aliphatic hydroxyl groups is 2. The van der Waals surface area contributed by atoms with Crippen LogP contribution in [0.25, 0.3) is 0 Å². The van der Waals surface area contributed by atoms with Crippen LogP contribution in [0.2, 0.25) is 0 Å². The van der Waals surface area contributed by atoms with Gasteiger partial charge < -0.3 is 40.7 Å². The van der Waals surface area contributed by atoms with Gasteiger partial charge in [-0.25, -0.2) is 0 Å². The Bertz CT molecular complexity index is 2100. The third kappa shape index (κ3) is 75.9. The fourth-order valence-corrected chi connectivity index (χ4v) is 9.39. The number of likely N-dealkylation sites (tertiary alicyclic amines) is 1. The fourth-order valence-electron chi connectivity index (χ4n) is 9.39. The van der Waals surface area contributed by atoms with E-state index < -0.39 is 23.6 Å². The molecule has 594 valence electrons. The van der Waals surface area contributed by atoms with Crippen molar-refractivity contribution in [2.75, 3.05) is 0 Å². The van der Waals surface area contributed by atoms with E-state index >= 15 is 0 Å². The first kappa shape index (κ1) is 109. The van der Waals surface area contributed by atoms with Crippen LogP contribution >= 0.6 is 0 Å². The van der Waals surface area contributed by atoms with Crippen molar-refractivity contribution >= 4 is 59.0 Å². The largest absolute Gasteiger partial charge is 0.481 e. The van der Waals surface area contributed by atoms with Gasteiger partial charge in [0.1, 0.15) is 11.7 Å². The number of ether oxygens (including phenoxy) is 2. The number of hydrogen-bond donors (Lipinski definition) is 6. The molecule has 0 saturated carbocycles. The minimum atomic E-state index is -1.13. The molecule has 19 nitrogen and oxygen atoms in total. The van der Waals surface area contributed by atoms with Crippen LogP contribution in [-0.2, 0) is 57.4 Å². The summed E-state index contributed by atoms with van der Waals surface area (Å²) in [5.41, 5.74) is -1.13. The molecule has 1 fully saturated rings. The summed E-state index contributed by atoms with van der Waals surface area (Å²) in [5, 5.41) is 36.4. The van der Waals surface area contributed by atoms with E-state index in [-0.39, 0.29) is 114 Å². The van der Waals surface area contributed by atoms with E-state index in [0.29, 0.717) is 98.7 Å². The van der Waals surface area contributed by atoms with Crippen LogP contribution in [0.3, 0.4) is 0 Å². The number of hydrogen-bond acceptors (Lipinski definition) is 14. The third-order valence-corrected chi connectivity index (χ3v) is 14.6. The number of carbonyl (C=O) groups is 10. The van der Waals surface area contributed by atoms with E-state index in [9.17, 15) is 58.2 Å². The van der Waals surface area contributed by atoms with Crippen LogP contribution in [0.5, 0.6) is 0 Å². The van der Waals surface area contributed by atoms with Gasteiger partial charge in [0.15, 0.2) is 11.6 Å². The standard InChI is InChI=1S/C11H21NO3.C11H19NO2.C11H22O2.C10H21NO.2C10H20O2.C9H19NO.C9H18O2/c1-7(2)5-9(6-10(13)14)11(15)12-8(3)4;1-7(2)5-9-6-10(13)12(8(3)4)11(9)14;1-8(2)6-7-11(5,13)10(12)9(3)4;1-8(2)6-5-7-10(12)11-9(3)4;1-8(2)6-5-7-10(11)12-9(3)4;1-7(2)5-6-9(11)10(12)8(3)4;1-7(2)5-6-9(11)10-8(3)4;1-7(2)5-6-9(10)11-8(3)4/h7-9H,5-6H2,1-4H3,(H,12,15)(H,13,14);7-9H,5-6H2,1-4H3;8-9,13H,6-7H2,1-5H3;8-9H,5-7H2,1-4H3,(H,11,12);8-9H,5-7H2,1-4H3;7-9,11H,5-6H2,1-4H3;7-8H,5-6H2,1-4H3,(H,10,11);7-8H,5-6H2,1-4H3. The fraction of sp³-hybridized carbons (Fsp3) is 0.877. The second-order valence-corrected chi connectivity index (χ2v) is 33.0. The van der Waals surface area contributed by atoms with E-state index in [1.165, 1.54) is 4.90 Å². The molecule has 0 aliphatic carbocycles. The maximum absolute atomic E-state index is 11.8. The van der Waals surface area contributed by atoms with E-state index in [1.807, 2.05) is 125 Å². The number of esters is 2. The van der Waals surface area contributed by atoms with Crippen LogP contribution in [0, 0.1) is 71.0 Å². The number of aliphatic carboxylic acids is 1. The number of aliphatic hydroxyl groups excluding tert-OH is 1. The summed E-state index contributed by atoms with van der Waals surface area (Å²) in [6.45, 7) is 65.5. The van der Waals surface area contributed by atoms with Crippen molar-refractivity contribution in [1.29, 1.82) is 0 Å². The zero-order valence-electron chi connectivity index (χ0n) is 70.4. The molecule has 1 saturated heterocycles. The Hall–Kier alpha value is -4.78. The van der Waals surface area contributed by atoms with Gasteiger partial charge in [0.2, 0.25) is 29.5 Å². The maximum Gasteiger partial charge on any atom is 0.306 e. The number of ketones is 2. The summed E-state index contributed by atoms with van der Waals surface area (Å²) < 4.78 is 9.95. The smallest absolute Gasteiger partial charge is 0.306 e. The van der Waals surface area contributed by atoms with Crippen LogP contribution in [-0.4, -0.2) is 127 Å². The molecule has 0 aromatic carbocycles. The maximum atomic E-state index is 11.8. The quantitative estimate of drug-likeness (QED) is 0.0249. The summed E-state index contributed by atoms with van der Waals surface area (Å²) in [6.07, 6.45) is 12.6. The highest BCUT2D eigenvalue weighted by Crippen LogP contribution is 2.27. The minimum absolute atomic E-state index is 0.00403. The highest BCUT2D eigenvalue weighted by molar-refractivity contribution is 6.03. The predicted octanol–water partition coefficient (Wildman–Crippen LogP) is 17.3. The van der Waals surface area contributed by atoms with Crippen molar-refractivity contribution in [2.24, 2.45) is 71.0 Å². The second kappa shape index (κ2) is 62.8. The first-order chi connectivity index (χ1) is 45.6. The Morgan fingerprint density at radius 1 is 0.480 bits per heavy atom. The molecular weight excluding hydrogens is 1270 g/mol. The molecule has 1 rings (SSSR count). The van der Waals surface area contributed by atoms with Crippen molar-refractivity contribution in [3.05, 3.63) is 0 Å². The summed E-state index contributed by atoms with van der Waals surface area (Å²) >= 11 is 0. The second-order valence-electron chi connectivity index (χ2n) is 33.0. The van der Waals surface area contributed by atoms with Gasteiger partial charge in [-0.3, -0.25) is 52.8 Å². The Balaban J connectivity index is -0.000000198. The number of carboxylic acid groups (broad SMARTS) is 1. The summed E-state index contributed by atoms with van der Waals surface area (Å²) in [7, 11) is 0. The molecule has 0 spiro atoms. The first-order valence-corrected chi connectivity index (χ1v) is 38.4. The summed E-state index contributed by atoms with van der Waals surface area (Å²) in [6, 6.07) is 0.610. The van der Waals surface area contributed by atoms with Gasteiger partial charge in [-0.1, -0.05) is 151 Å². The molecule has 0 bridgehead atoms. The number of imide groups is 1. The number of carboxylic acids is 1. The molecule has 1 heterocycles. The van der Waals surface area contributed by atoms with Gasteiger partial charge in [-0.15, -0.1) is 0 Å². The molecule has 0 radical (unpaired) electrons. The van der Waals surface area contributed by atoms with Gasteiger partial charge in [0.05, 0.1) is 18.6 Å². The van der Waals surface area contributed by atoms with Gasteiger partial charge in [0, 0.05) is 79.9 Å². The lowest BCUT2D eigenvalue weighted by atomic mass is 9.86. The summed E-state index contributed by atoms with van der Waals surface area (Å²) in [4.78, 5) is 114. The van der Waals surface area contributed by atoms with E-state index in [1.54, 1.807) is 6.92 Å². The topological polar surface area (TPSA) is 289 Å². The molecule has 1 aliphatic heterocycles. The zero-order chi connectivity index (χ0) is 80.1.